The third-order valence-corrected chi connectivity index (χ3v) is 11.8. The maximum atomic E-state index is 13.3. The Hall–Kier alpha value is -4.15. The van der Waals surface area contributed by atoms with Crippen molar-refractivity contribution in [1.82, 2.24) is 15.2 Å². The van der Waals surface area contributed by atoms with Crippen LogP contribution in [0, 0.1) is 0 Å². The summed E-state index contributed by atoms with van der Waals surface area (Å²) < 4.78 is 5.88. The highest BCUT2D eigenvalue weighted by Crippen LogP contribution is 2.38. The summed E-state index contributed by atoms with van der Waals surface area (Å²) in [6, 6.07) is 18.7. The molecule has 1 saturated carbocycles. The number of halogens is 2. The van der Waals surface area contributed by atoms with Gasteiger partial charge < -0.3 is 40.6 Å². The number of phenolic OH excluding ortho intramolecular Hbond substituents is 1. The van der Waals surface area contributed by atoms with Crippen LogP contribution >= 0.6 is 34.3 Å². The highest BCUT2D eigenvalue weighted by atomic mass is 35.5. The van der Waals surface area contributed by atoms with Crippen molar-refractivity contribution in [2.75, 3.05) is 25.5 Å². The number of H-pyrrole nitrogens is 1. The third-order valence-electron chi connectivity index (χ3n) is 9.52. The summed E-state index contributed by atoms with van der Waals surface area (Å²) in [6.07, 6.45) is 2.04. The zero-order valence-electron chi connectivity index (χ0n) is 28.9. The number of anilines is 1. The first-order chi connectivity index (χ1) is 25.0. The summed E-state index contributed by atoms with van der Waals surface area (Å²) >= 11 is 9.16. The first kappa shape index (κ1) is 40.0. The molecule has 3 heterocycles. The second kappa shape index (κ2) is 17.8. The van der Waals surface area contributed by atoms with Crippen LogP contribution in [0.15, 0.2) is 82.3 Å². The molecule has 15 heteroatoms. The number of aliphatic hydroxyl groups excluding tert-OH is 1. The summed E-state index contributed by atoms with van der Waals surface area (Å²) in [5.41, 5.74) is 0.0557. The van der Waals surface area contributed by atoms with Crippen molar-refractivity contribution in [3.05, 3.63) is 114 Å². The van der Waals surface area contributed by atoms with Crippen molar-refractivity contribution in [3.8, 4) is 5.75 Å². The van der Waals surface area contributed by atoms with Gasteiger partial charge in [0.15, 0.2) is 0 Å². The van der Waals surface area contributed by atoms with Crippen molar-refractivity contribution in [2.45, 2.75) is 62.5 Å². The maximum absolute atomic E-state index is 13.3. The molecule has 3 aromatic heterocycles. The monoisotopic (exact) mass is 784 g/mol. The van der Waals surface area contributed by atoms with Gasteiger partial charge in [0.1, 0.15) is 11.9 Å². The number of hydrogen-bond acceptors (Lipinski definition) is 11. The molecule has 0 saturated heterocycles. The van der Waals surface area contributed by atoms with E-state index in [0.717, 1.165) is 18.4 Å². The van der Waals surface area contributed by atoms with E-state index < -0.39 is 17.7 Å². The van der Waals surface area contributed by atoms with Gasteiger partial charge in [-0.15, -0.1) is 22.7 Å². The largest absolute Gasteiger partial charge is 0.506 e. The fraction of sp³-hybridized carbons (Fsp3) is 0.342. The standard InChI is InChI=1S/C38H41ClN4O7S2.FH/c1-43(24-7-9-25(10-8-24)50-37(48)38(49,32-4-2-18-51-32)33-5-3-19-52-33)17-16-35(47)41-29-13-6-23(20-28(29)39)21-40-22-31(45)26-11-14-30(44)36-27(26)12-15-34(46)42-36;/h2-6,11-15,18-20,24-25,31,40,44-45,49H,7-10,16-17,21-22H2,1H3,(H,41,47)(H,42,46);1H/t24?,25?,31-;/m0./s1. The van der Waals surface area contributed by atoms with E-state index in [9.17, 15) is 29.7 Å². The average Bonchev–Trinajstić information content (AvgIpc) is 3.89. The van der Waals surface area contributed by atoms with Crippen LogP contribution in [0.25, 0.3) is 10.9 Å². The van der Waals surface area contributed by atoms with Crippen LogP contribution in [-0.4, -0.2) is 69.4 Å². The number of aromatic hydroxyl groups is 1. The lowest BCUT2D eigenvalue weighted by Gasteiger charge is -2.35. The number of fused-ring (bicyclic) bond motifs is 1. The van der Waals surface area contributed by atoms with Crippen LogP contribution in [0.3, 0.4) is 0 Å². The van der Waals surface area contributed by atoms with E-state index in [0.29, 0.717) is 57.3 Å². The molecule has 0 bridgehead atoms. The van der Waals surface area contributed by atoms with E-state index >= 15 is 0 Å². The minimum atomic E-state index is -1.82. The molecule has 1 amide bonds. The Bertz CT molecular complexity index is 2020. The van der Waals surface area contributed by atoms with Crippen LogP contribution in [0.2, 0.25) is 5.02 Å². The van der Waals surface area contributed by atoms with Gasteiger partial charge in [-0.2, -0.15) is 0 Å². The van der Waals surface area contributed by atoms with Crippen molar-refractivity contribution in [2.24, 2.45) is 0 Å². The van der Waals surface area contributed by atoms with Crippen LogP contribution in [-0.2, 0) is 26.5 Å². The first-order valence-corrected chi connectivity index (χ1v) is 19.2. The molecule has 282 valence electrons. The smallest absolute Gasteiger partial charge is 0.349 e. The number of amides is 1. The Kier molecular flexibility index (Phi) is 13.4. The summed E-state index contributed by atoms with van der Waals surface area (Å²) in [4.78, 5) is 43.7. The van der Waals surface area contributed by atoms with Gasteiger partial charge in [0.05, 0.1) is 32.1 Å². The topological polar surface area (TPSA) is 164 Å². The second-order valence-electron chi connectivity index (χ2n) is 13.0. The number of aromatic nitrogens is 1. The van der Waals surface area contributed by atoms with Gasteiger partial charge in [0.25, 0.3) is 0 Å². The molecule has 11 nitrogen and oxygen atoms in total. The van der Waals surface area contributed by atoms with Crippen LogP contribution in [0.4, 0.5) is 10.4 Å². The minimum absolute atomic E-state index is 0. The number of ether oxygens (including phenoxy) is 1. The van der Waals surface area contributed by atoms with Crippen molar-refractivity contribution < 1.29 is 34.3 Å². The quantitative estimate of drug-likeness (QED) is 0.0738. The second-order valence-corrected chi connectivity index (χ2v) is 15.3. The number of esters is 1. The van der Waals surface area contributed by atoms with E-state index in [4.69, 9.17) is 16.3 Å². The lowest BCUT2D eigenvalue weighted by atomic mass is 9.91. The van der Waals surface area contributed by atoms with E-state index in [2.05, 4.69) is 20.5 Å². The number of pyridine rings is 1. The van der Waals surface area contributed by atoms with Crippen LogP contribution in [0.1, 0.15) is 59.1 Å². The molecule has 6 rings (SSSR count). The predicted molar refractivity (Wildman–Crippen MR) is 207 cm³/mol. The third kappa shape index (κ3) is 9.33. The van der Waals surface area contributed by atoms with Gasteiger partial charge in [-0.1, -0.05) is 35.9 Å². The number of carbonyl (C=O) groups excluding carboxylic acids is 2. The molecule has 0 radical (unpaired) electrons. The molecule has 0 spiro atoms. The van der Waals surface area contributed by atoms with Crippen LogP contribution < -0.4 is 16.2 Å². The number of aliphatic hydroxyl groups is 2. The number of rotatable bonds is 14. The Morgan fingerprint density at radius 3 is 2.38 bits per heavy atom. The molecule has 1 atom stereocenters. The molecule has 5 aromatic rings. The zero-order valence-corrected chi connectivity index (χ0v) is 31.3. The number of hydrogen-bond donors (Lipinski definition) is 6. The summed E-state index contributed by atoms with van der Waals surface area (Å²) in [6.45, 7) is 1.17. The maximum Gasteiger partial charge on any atom is 0.349 e. The number of thiophene rings is 2. The molecule has 0 unspecified atom stereocenters. The average molecular weight is 785 g/mol. The van der Waals surface area contributed by atoms with Gasteiger partial charge in [-0.3, -0.25) is 14.3 Å². The summed E-state index contributed by atoms with van der Waals surface area (Å²) in [5, 5.41) is 43.2. The molecule has 6 N–H and O–H groups in total. The lowest BCUT2D eigenvalue weighted by Crippen LogP contribution is -2.42. The van der Waals surface area contributed by atoms with Gasteiger partial charge in [-0.05, 0) is 91.0 Å². The number of aromatic amines is 1. The molecule has 1 aliphatic rings. The van der Waals surface area contributed by atoms with Gasteiger partial charge in [-0.25, -0.2) is 4.79 Å². The van der Waals surface area contributed by atoms with Gasteiger partial charge in [0.2, 0.25) is 17.1 Å². The zero-order chi connectivity index (χ0) is 36.8. The number of carbonyl (C=O) groups is 2. The van der Waals surface area contributed by atoms with E-state index in [1.165, 1.54) is 34.8 Å². The number of benzene rings is 2. The molecule has 53 heavy (non-hydrogen) atoms. The molecule has 1 fully saturated rings. The fourth-order valence-electron chi connectivity index (χ4n) is 6.59. The normalized spacial score (nSPS) is 16.6. The summed E-state index contributed by atoms with van der Waals surface area (Å²) in [5.74, 6) is -0.873. The minimum Gasteiger partial charge on any atom is -0.506 e. The Morgan fingerprint density at radius 2 is 1.74 bits per heavy atom. The van der Waals surface area contributed by atoms with Crippen molar-refractivity contribution >= 4 is 62.7 Å². The number of nitrogens with zero attached hydrogens (tertiary/aromatic N) is 1. The predicted octanol–water partition coefficient (Wildman–Crippen LogP) is 6.04. The number of phenols is 1. The van der Waals surface area contributed by atoms with Crippen molar-refractivity contribution in [3.63, 3.8) is 0 Å². The SMILES string of the molecule is CN(CCC(=O)Nc1ccc(CNC[C@H](O)c2ccc(O)c3[nH]c(=O)ccc23)cc1Cl)C1CCC(OC(=O)C(O)(c2cccs2)c2cccs2)CC1.F. The molecular weight excluding hydrogens is 743 g/mol. The molecule has 1 aliphatic carbocycles. The van der Waals surface area contributed by atoms with E-state index in [-0.39, 0.29) is 52.5 Å². The van der Waals surface area contributed by atoms with E-state index in [1.807, 2.05) is 36.0 Å². The van der Waals surface area contributed by atoms with Crippen LogP contribution in [0.5, 0.6) is 5.75 Å². The Labute approximate surface area is 318 Å². The molecule has 0 aliphatic heterocycles. The molecule has 2 aromatic carbocycles. The Morgan fingerprint density at radius 1 is 1.04 bits per heavy atom. The van der Waals surface area contributed by atoms with Gasteiger partial charge >= 0.3 is 5.97 Å². The first-order valence-electron chi connectivity index (χ1n) is 17.1. The van der Waals surface area contributed by atoms with Gasteiger partial charge in [0, 0.05) is 43.5 Å². The number of nitrogens with one attached hydrogen (secondary N) is 3. The fourth-order valence-corrected chi connectivity index (χ4v) is 8.55. The highest BCUT2D eigenvalue weighted by molar-refractivity contribution is 7.12. The lowest BCUT2D eigenvalue weighted by molar-refractivity contribution is -0.169. The van der Waals surface area contributed by atoms with E-state index in [1.54, 1.807) is 36.4 Å². The van der Waals surface area contributed by atoms with Crippen molar-refractivity contribution in [1.29, 1.82) is 0 Å². The highest BCUT2D eigenvalue weighted by Gasteiger charge is 2.45. The Balaban J connectivity index is 0.00000541. The molecular formula is C38H42ClFN4O7S2. The summed E-state index contributed by atoms with van der Waals surface area (Å²) in [7, 11) is 1.99.